The third-order valence-electron chi connectivity index (χ3n) is 1.86. The van der Waals surface area contributed by atoms with Crippen LogP contribution in [-0.2, 0) is 15.6 Å². The molecule has 0 aromatic carbocycles. The number of hydrogen-bond donors (Lipinski definition) is 2. The molecule has 1 aromatic rings. The molecule has 0 aliphatic rings. The first-order valence-electron chi connectivity index (χ1n) is 4.33. The Hall–Kier alpha value is -0.950. The van der Waals surface area contributed by atoms with Crippen molar-refractivity contribution in [3.63, 3.8) is 0 Å². The maximum atomic E-state index is 11.6. The summed E-state index contributed by atoms with van der Waals surface area (Å²) in [4.78, 5) is 4.43. The molecule has 1 aromatic heterocycles. The molecule has 0 saturated carbocycles. The van der Waals surface area contributed by atoms with Crippen LogP contribution in [0, 0.1) is 5.41 Å². The van der Waals surface area contributed by atoms with Crippen molar-refractivity contribution in [1.29, 1.82) is 5.41 Å². The third-order valence-corrected chi connectivity index (χ3v) is 5.19. The summed E-state index contributed by atoms with van der Waals surface area (Å²) in [5.74, 6) is -0.163. The molecule has 0 fully saturated rings. The Balaban J connectivity index is 2.87. The number of amidine groups is 1. The number of nitrogen functional groups attached to an aromatic ring is 1. The number of nitrogens with two attached hydrogens (primary N) is 1. The van der Waals surface area contributed by atoms with E-state index >= 15 is 0 Å². The largest absolute Gasteiger partial charge is 0.383 e. The molecule has 5 nitrogen and oxygen atoms in total. The summed E-state index contributed by atoms with van der Waals surface area (Å²) < 4.78 is 23.1. The standard InChI is InChI=1S/C8H13N3O2S2/c1-5(2)15(12,13)4-7-11-3-6(14-7)8(9)10/h3,5H,4H2,1-2H3,(H3,9,10). The van der Waals surface area contributed by atoms with E-state index in [2.05, 4.69) is 4.98 Å². The van der Waals surface area contributed by atoms with E-state index in [1.165, 1.54) is 6.20 Å². The van der Waals surface area contributed by atoms with Crippen molar-refractivity contribution >= 4 is 27.0 Å². The van der Waals surface area contributed by atoms with Crippen molar-refractivity contribution in [2.24, 2.45) is 5.73 Å². The second kappa shape index (κ2) is 4.28. The molecule has 0 radical (unpaired) electrons. The number of hydrogen-bond acceptors (Lipinski definition) is 5. The molecule has 84 valence electrons. The Bertz CT molecular complexity index is 462. The molecular weight excluding hydrogens is 234 g/mol. The summed E-state index contributed by atoms with van der Waals surface area (Å²) in [7, 11) is -3.13. The molecule has 0 saturated heterocycles. The van der Waals surface area contributed by atoms with E-state index < -0.39 is 15.1 Å². The molecule has 7 heteroatoms. The lowest BCUT2D eigenvalue weighted by atomic mass is 10.5. The fraction of sp³-hybridized carbons (Fsp3) is 0.500. The lowest BCUT2D eigenvalue weighted by Crippen LogP contribution is -2.15. The highest BCUT2D eigenvalue weighted by Gasteiger charge is 2.19. The highest BCUT2D eigenvalue weighted by molar-refractivity contribution is 7.91. The first-order chi connectivity index (χ1) is 6.83. The predicted octanol–water partition coefficient (Wildman–Crippen LogP) is 0.750. The molecule has 0 aliphatic heterocycles. The summed E-state index contributed by atoms with van der Waals surface area (Å²) in [5.41, 5.74) is 5.25. The molecular formula is C8H13N3O2S2. The van der Waals surface area contributed by atoms with Gasteiger partial charge in [-0.05, 0) is 13.8 Å². The van der Waals surface area contributed by atoms with Crippen LogP contribution in [0.4, 0.5) is 0 Å². The number of aromatic nitrogens is 1. The average molecular weight is 247 g/mol. The van der Waals surface area contributed by atoms with Crippen molar-refractivity contribution in [2.45, 2.75) is 24.9 Å². The van der Waals surface area contributed by atoms with Crippen molar-refractivity contribution in [3.8, 4) is 0 Å². The lowest BCUT2D eigenvalue weighted by molar-refractivity contribution is 0.586. The fourth-order valence-corrected chi connectivity index (χ4v) is 2.90. The van der Waals surface area contributed by atoms with E-state index in [0.717, 1.165) is 11.3 Å². The molecule has 0 amide bonds. The minimum atomic E-state index is -3.13. The molecule has 3 N–H and O–H groups in total. The minimum Gasteiger partial charge on any atom is -0.383 e. The van der Waals surface area contributed by atoms with Crippen LogP contribution in [0.3, 0.4) is 0 Å². The Morgan fingerprint density at radius 2 is 2.27 bits per heavy atom. The minimum absolute atomic E-state index is 0.0807. The maximum Gasteiger partial charge on any atom is 0.159 e. The van der Waals surface area contributed by atoms with Crippen molar-refractivity contribution in [3.05, 3.63) is 16.1 Å². The Morgan fingerprint density at radius 1 is 1.67 bits per heavy atom. The molecule has 1 heterocycles. The van der Waals surface area contributed by atoms with Gasteiger partial charge in [-0.25, -0.2) is 13.4 Å². The van der Waals surface area contributed by atoms with Gasteiger partial charge in [0.1, 0.15) is 16.6 Å². The smallest absolute Gasteiger partial charge is 0.159 e. The van der Waals surface area contributed by atoms with Crippen molar-refractivity contribution in [2.75, 3.05) is 0 Å². The number of rotatable bonds is 4. The molecule has 15 heavy (non-hydrogen) atoms. The number of nitrogens with zero attached hydrogens (tertiary/aromatic N) is 1. The topological polar surface area (TPSA) is 96.9 Å². The number of sulfone groups is 1. The highest BCUT2D eigenvalue weighted by Crippen LogP contribution is 2.17. The van der Waals surface area contributed by atoms with Gasteiger partial charge in [0.05, 0.1) is 10.1 Å². The zero-order chi connectivity index (χ0) is 11.6. The summed E-state index contributed by atoms with van der Waals surface area (Å²) in [6.45, 7) is 3.27. The fourth-order valence-electron chi connectivity index (χ4n) is 0.840. The second-order valence-corrected chi connectivity index (χ2v) is 7.06. The van der Waals surface area contributed by atoms with E-state index in [4.69, 9.17) is 11.1 Å². The SMILES string of the molecule is CC(C)S(=O)(=O)Cc1ncc(C(=N)N)s1. The predicted molar refractivity (Wildman–Crippen MR) is 60.9 cm³/mol. The molecule has 0 atom stereocenters. The summed E-state index contributed by atoms with van der Waals surface area (Å²) in [6.07, 6.45) is 1.43. The third kappa shape index (κ3) is 3.00. The summed E-state index contributed by atoms with van der Waals surface area (Å²) in [5, 5.41) is 7.23. The highest BCUT2D eigenvalue weighted by atomic mass is 32.2. The molecule has 1 rings (SSSR count). The second-order valence-electron chi connectivity index (χ2n) is 3.39. The Labute approximate surface area is 92.8 Å². The van der Waals surface area contributed by atoms with Crippen LogP contribution in [0.15, 0.2) is 6.20 Å². The summed E-state index contributed by atoms with van der Waals surface area (Å²) >= 11 is 1.15. The van der Waals surface area contributed by atoms with Gasteiger partial charge < -0.3 is 5.73 Å². The molecule has 0 unspecified atom stereocenters. The van der Waals surface area contributed by atoms with Gasteiger partial charge in [0.25, 0.3) is 0 Å². The molecule has 0 spiro atoms. The van der Waals surface area contributed by atoms with Crippen LogP contribution in [0.1, 0.15) is 23.7 Å². The van der Waals surface area contributed by atoms with E-state index in [1.807, 2.05) is 0 Å². The first kappa shape index (κ1) is 12.1. The lowest BCUT2D eigenvalue weighted by Gasteiger charge is -2.04. The van der Waals surface area contributed by atoms with Gasteiger partial charge in [-0.15, -0.1) is 11.3 Å². The van der Waals surface area contributed by atoms with Gasteiger partial charge in [0.2, 0.25) is 0 Å². The maximum absolute atomic E-state index is 11.6. The Kier molecular flexibility index (Phi) is 3.46. The Morgan fingerprint density at radius 3 is 2.67 bits per heavy atom. The van der Waals surface area contributed by atoms with Crippen LogP contribution < -0.4 is 5.73 Å². The van der Waals surface area contributed by atoms with E-state index in [1.54, 1.807) is 13.8 Å². The van der Waals surface area contributed by atoms with Gasteiger partial charge >= 0.3 is 0 Å². The normalized spacial score (nSPS) is 11.9. The zero-order valence-electron chi connectivity index (χ0n) is 8.52. The van der Waals surface area contributed by atoms with Crippen LogP contribution in [0.25, 0.3) is 0 Å². The van der Waals surface area contributed by atoms with Crippen LogP contribution in [-0.4, -0.2) is 24.5 Å². The number of thiazole rings is 1. The average Bonchev–Trinajstić information content (AvgIpc) is 2.51. The monoisotopic (exact) mass is 247 g/mol. The zero-order valence-corrected chi connectivity index (χ0v) is 10.2. The quantitative estimate of drug-likeness (QED) is 0.606. The molecule has 0 aliphatic carbocycles. The van der Waals surface area contributed by atoms with E-state index in [0.29, 0.717) is 9.88 Å². The number of nitrogens with one attached hydrogen (secondary N) is 1. The van der Waals surface area contributed by atoms with Crippen LogP contribution in [0.2, 0.25) is 0 Å². The first-order valence-corrected chi connectivity index (χ1v) is 6.87. The van der Waals surface area contributed by atoms with Gasteiger partial charge in [-0.2, -0.15) is 0 Å². The van der Waals surface area contributed by atoms with Gasteiger partial charge in [-0.3, -0.25) is 5.41 Å². The van der Waals surface area contributed by atoms with Gasteiger partial charge in [0, 0.05) is 6.20 Å². The summed E-state index contributed by atoms with van der Waals surface area (Å²) in [6, 6.07) is 0. The van der Waals surface area contributed by atoms with Crippen molar-refractivity contribution in [1.82, 2.24) is 4.98 Å². The molecule has 0 bridgehead atoms. The van der Waals surface area contributed by atoms with Gasteiger partial charge in [0.15, 0.2) is 9.84 Å². The van der Waals surface area contributed by atoms with Crippen LogP contribution in [0.5, 0.6) is 0 Å². The van der Waals surface area contributed by atoms with Crippen LogP contribution >= 0.6 is 11.3 Å². The van der Waals surface area contributed by atoms with E-state index in [9.17, 15) is 8.42 Å². The van der Waals surface area contributed by atoms with Gasteiger partial charge in [-0.1, -0.05) is 0 Å². The van der Waals surface area contributed by atoms with Crippen molar-refractivity contribution < 1.29 is 8.42 Å². The van der Waals surface area contributed by atoms with E-state index in [-0.39, 0.29) is 11.6 Å².